The SMILES string of the molecule is CCCCCC1CCC(NC=O)CC1. The topological polar surface area (TPSA) is 29.1 Å². The molecule has 82 valence electrons. The first-order valence-corrected chi connectivity index (χ1v) is 6.06. The van der Waals surface area contributed by atoms with Crippen molar-refractivity contribution in [2.24, 2.45) is 5.92 Å². The molecule has 2 heteroatoms. The normalized spacial score (nSPS) is 27.2. The minimum absolute atomic E-state index is 0.468. The van der Waals surface area contributed by atoms with Crippen molar-refractivity contribution in [1.29, 1.82) is 0 Å². The molecule has 0 unspecified atom stereocenters. The maximum atomic E-state index is 10.3. The molecule has 0 aromatic carbocycles. The Kier molecular flexibility index (Phi) is 5.65. The molecular weight excluding hydrogens is 174 g/mol. The van der Waals surface area contributed by atoms with E-state index >= 15 is 0 Å². The molecule has 1 aliphatic rings. The molecule has 0 bridgehead atoms. The molecule has 1 fully saturated rings. The maximum absolute atomic E-state index is 10.3. The van der Waals surface area contributed by atoms with Gasteiger partial charge in [0.2, 0.25) is 6.41 Å². The predicted molar refractivity (Wildman–Crippen MR) is 59.1 cm³/mol. The van der Waals surface area contributed by atoms with Gasteiger partial charge in [-0.1, -0.05) is 32.6 Å². The summed E-state index contributed by atoms with van der Waals surface area (Å²) in [4.78, 5) is 10.3. The highest BCUT2D eigenvalue weighted by Crippen LogP contribution is 2.28. The van der Waals surface area contributed by atoms with E-state index in [0.29, 0.717) is 6.04 Å². The second-order valence-corrected chi connectivity index (χ2v) is 4.50. The summed E-state index contributed by atoms with van der Waals surface area (Å²) in [7, 11) is 0. The van der Waals surface area contributed by atoms with Crippen LogP contribution in [0.3, 0.4) is 0 Å². The number of hydrogen-bond acceptors (Lipinski definition) is 1. The third-order valence-corrected chi connectivity index (χ3v) is 3.37. The minimum Gasteiger partial charge on any atom is -0.356 e. The van der Waals surface area contributed by atoms with Crippen LogP contribution in [0.2, 0.25) is 0 Å². The van der Waals surface area contributed by atoms with Crippen LogP contribution in [0.4, 0.5) is 0 Å². The van der Waals surface area contributed by atoms with Gasteiger partial charge in [0, 0.05) is 6.04 Å². The van der Waals surface area contributed by atoms with Crippen molar-refractivity contribution in [1.82, 2.24) is 5.32 Å². The van der Waals surface area contributed by atoms with Crippen molar-refractivity contribution >= 4 is 6.41 Å². The van der Waals surface area contributed by atoms with Crippen LogP contribution in [-0.2, 0) is 4.79 Å². The smallest absolute Gasteiger partial charge is 0.207 e. The zero-order valence-corrected chi connectivity index (χ0v) is 9.30. The van der Waals surface area contributed by atoms with Gasteiger partial charge in [-0.15, -0.1) is 0 Å². The summed E-state index contributed by atoms with van der Waals surface area (Å²) in [5, 5.41) is 2.89. The van der Waals surface area contributed by atoms with E-state index in [1.54, 1.807) is 0 Å². The van der Waals surface area contributed by atoms with Gasteiger partial charge in [-0.3, -0.25) is 4.79 Å². The lowest BCUT2D eigenvalue weighted by Gasteiger charge is -2.27. The third kappa shape index (κ3) is 4.12. The van der Waals surface area contributed by atoms with Crippen molar-refractivity contribution in [2.45, 2.75) is 64.3 Å². The third-order valence-electron chi connectivity index (χ3n) is 3.37. The summed E-state index contributed by atoms with van der Waals surface area (Å²) in [6.45, 7) is 2.25. The molecule has 0 atom stereocenters. The largest absolute Gasteiger partial charge is 0.356 e. The average Bonchev–Trinajstić information content (AvgIpc) is 2.21. The molecule has 0 aliphatic heterocycles. The molecule has 0 spiro atoms. The Bertz CT molecular complexity index is 150. The Morgan fingerprint density at radius 1 is 1.21 bits per heavy atom. The Balaban J connectivity index is 2.06. The first kappa shape index (κ1) is 11.5. The molecule has 1 N–H and O–H groups in total. The summed E-state index contributed by atoms with van der Waals surface area (Å²) >= 11 is 0. The number of nitrogens with one attached hydrogen (secondary N) is 1. The Morgan fingerprint density at radius 3 is 2.50 bits per heavy atom. The van der Waals surface area contributed by atoms with Crippen molar-refractivity contribution in [3.8, 4) is 0 Å². The van der Waals surface area contributed by atoms with E-state index in [1.807, 2.05) is 0 Å². The van der Waals surface area contributed by atoms with E-state index in [9.17, 15) is 4.79 Å². The summed E-state index contributed by atoms with van der Waals surface area (Å²) in [5.74, 6) is 0.936. The van der Waals surface area contributed by atoms with E-state index in [4.69, 9.17) is 0 Å². The number of carbonyl (C=O) groups is 1. The van der Waals surface area contributed by atoms with Crippen LogP contribution in [0.5, 0.6) is 0 Å². The Morgan fingerprint density at radius 2 is 1.93 bits per heavy atom. The Labute approximate surface area is 87.5 Å². The lowest BCUT2D eigenvalue weighted by atomic mass is 9.83. The highest BCUT2D eigenvalue weighted by atomic mass is 16.1. The summed E-state index contributed by atoms with van der Waals surface area (Å²) in [5.41, 5.74) is 0. The van der Waals surface area contributed by atoms with Crippen molar-refractivity contribution in [3.63, 3.8) is 0 Å². The van der Waals surface area contributed by atoms with Gasteiger partial charge < -0.3 is 5.32 Å². The van der Waals surface area contributed by atoms with Crippen LogP contribution in [0, 0.1) is 5.92 Å². The van der Waals surface area contributed by atoms with Crippen molar-refractivity contribution < 1.29 is 4.79 Å². The zero-order chi connectivity index (χ0) is 10.2. The van der Waals surface area contributed by atoms with E-state index in [0.717, 1.165) is 12.3 Å². The molecule has 1 rings (SSSR count). The average molecular weight is 197 g/mol. The van der Waals surface area contributed by atoms with Gasteiger partial charge in [-0.2, -0.15) is 0 Å². The van der Waals surface area contributed by atoms with E-state index in [-0.39, 0.29) is 0 Å². The van der Waals surface area contributed by atoms with Gasteiger partial charge in [-0.05, 0) is 31.6 Å². The first-order valence-electron chi connectivity index (χ1n) is 6.06. The number of unbranched alkanes of at least 4 members (excludes halogenated alkanes) is 2. The molecule has 0 aromatic rings. The second-order valence-electron chi connectivity index (χ2n) is 4.50. The van der Waals surface area contributed by atoms with Gasteiger partial charge in [0.1, 0.15) is 0 Å². The molecule has 0 radical (unpaired) electrons. The predicted octanol–water partition coefficient (Wildman–Crippen LogP) is 2.87. The molecule has 1 aliphatic carbocycles. The number of carbonyl (C=O) groups excluding carboxylic acids is 1. The van der Waals surface area contributed by atoms with Crippen LogP contribution in [-0.4, -0.2) is 12.5 Å². The van der Waals surface area contributed by atoms with Crippen molar-refractivity contribution in [3.05, 3.63) is 0 Å². The zero-order valence-electron chi connectivity index (χ0n) is 9.30. The fraction of sp³-hybridized carbons (Fsp3) is 0.917. The van der Waals surface area contributed by atoms with E-state index < -0.39 is 0 Å². The highest BCUT2D eigenvalue weighted by Gasteiger charge is 2.19. The molecule has 0 aromatic heterocycles. The maximum Gasteiger partial charge on any atom is 0.207 e. The van der Waals surface area contributed by atoms with Gasteiger partial charge in [0.05, 0.1) is 0 Å². The Hall–Kier alpha value is -0.530. The van der Waals surface area contributed by atoms with Gasteiger partial charge in [0.25, 0.3) is 0 Å². The molecule has 1 saturated carbocycles. The summed E-state index contributed by atoms with van der Waals surface area (Å²) in [6, 6.07) is 0.468. The fourth-order valence-electron chi connectivity index (χ4n) is 2.40. The van der Waals surface area contributed by atoms with Crippen LogP contribution >= 0.6 is 0 Å². The van der Waals surface area contributed by atoms with Crippen LogP contribution < -0.4 is 5.32 Å². The summed E-state index contributed by atoms with van der Waals surface area (Å²) < 4.78 is 0. The number of rotatable bonds is 6. The standard InChI is InChI=1S/C12H23NO/c1-2-3-4-5-11-6-8-12(9-7-11)13-10-14/h10-12H,2-9H2,1H3,(H,13,14). The quantitative estimate of drug-likeness (QED) is 0.515. The lowest BCUT2D eigenvalue weighted by molar-refractivity contribution is -0.110. The summed E-state index contributed by atoms with van der Waals surface area (Å²) in [6.07, 6.45) is 11.4. The minimum atomic E-state index is 0.468. The second kappa shape index (κ2) is 6.86. The van der Waals surface area contributed by atoms with E-state index in [1.165, 1.54) is 51.4 Å². The molecule has 14 heavy (non-hydrogen) atoms. The number of hydrogen-bond donors (Lipinski definition) is 1. The first-order chi connectivity index (χ1) is 6.86. The van der Waals surface area contributed by atoms with Crippen LogP contribution in [0.25, 0.3) is 0 Å². The molecule has 0 heterocycles. The number of amides is 1. The van der Waals surface area contributed by atoms with Crippen LogP contribution in [0.15, 0.2) is 0 Å². The monoisotopic (exact) mass is 197 g/mol. The lowest BCUT2D eigenvalue weighted by Crippen LogP contribution is -2.32. The molecule has 2 nitrogen and oxygen atoms in total. The molecule has 0 saturated heterocycles. The molecule has 1 amide bonds. The van der Waals surface area contributed by atoms with E-state index in [2.05, 4.69) is 12.2 Å². The van der Waals surface area contributed by atoms with Crippen molar-refractivity contribution in [2.75, 3.05) is 0 Å². The fourth-order valence-corrected chi connectivity index (χ4v) is 2.40. The van der Waals surface area contributed by atoms with Crippen LogP contribution in [0.1, 0.15) is 58.3 Å². The van der Waals surface area contributed by atoms with Gasteiger partial charge in [0.15, 0.2) is 0 Å². The molecular formula is C12H23NO. The van der Waals surface area contributed by atoms with Gasteiger partial charge >= 0.3 is 0 Å². The highest BCUT2D eigenvalue weighted by molar-refractivity contribution is 5.46. The van der Waals surface area contributed by atoms with Gasteiger partial charge in [-0.25, -0.2) is 0 Å².